The Hall–Kier alpha value is -1.13. The van der Waals surface area contributed by atoms with Crippen molar-refractivity contribution >= 4 is 5.69 Å². The van der Waals surface area contributed by atoms with Gasteiger partial charge in [-0.25, -0.2) is 4.39 Å². The molecule has 0 bridgehead atoms. The van der Waals surface area contributed by atoms with Gasteiger partial charge < -0.3 is 15.5 Å². The van der Waals surface area contributed by atoms with Crippen LogP contribution >= 0.6 is 0 Å². The van der Waals surface area contributed by atoms with Gasteiger partial charge in [0, 0.05) is 25.7 Å². The van der Waals surface area contributed by atoms with Gasteiger partial charge in [-0.3, -0.25) is 0 Å². The second-order valence-electron chi connectivity index (χ2n) is 6.16. The molecule has 0 saturated carbocycles. The Kier molecular flexibility index (Phi) is 5.00. The molecule has 1 aromatic carbocycles. The summed E-state index contributed by atoms with van der Waals surface area (Å²) in [6.45, 7) is 4.86. The van der Waals surface area contributed by atoms with Crippen molar-refractivity contribution in [3.8, 4) is 0 Å². The first kappa shape index (κ1) is 15.3. The first-order chi connectivity index (χ1) is 9.49. The summed E-state index contributed by atoms with van der Waals surface area (Å²) in [7, 11) is 4.22. The largest absolute Gasteiger partial charge is 0.369 e. The van der Waals surface area contributed by atoms with Gasteiger partial charge in [0.15, 0.2) is 0 Å². The molecule has 2 rings (SSSR count). The normalized spacial score (nSPS) is 18.6. The van der Waals surface area contributed by atoms with Crippen LogP contribution in [0.4, 0.5) is 10.1 Å². The van der Waals surface area contributed by atoms with Gasteiger partial charge in [0.25, 0.3) is 0 Å². The molecule has 0 amide bonds. The molecule has 1 atom stereocenters. The molecular formula is C16H26FN3. The molecule has 3 nitrogen and oxygen atoms in total. The van der Waals surface area contributed by atoms with Gasteiger partial charge >= 0.3 is 0 Å². The number of benzene rings is 1. The average Bonchev–Trinajstić information content (AvgIpc) is 2.39. The third-order valence-corrected chi connectivity index (χ3v) is 4.06. The van der Waals surface area contributed by atoms with Crippen LogP contribution in [0.25, 0.3) is 0 Å². The van der Waals surface area contributed by atoms with Crippen molar-refractivity contribution in [1.82, 2.24) is 4.90 Å². The quantitative estimate of drug-likeness (QED) is 0.919. The van der Waals surface area contributed by atoms with Crippen LogP contribution in [-0.2, 0) is 0 Å². The Morgan fingerprint density at radius 3 is 2.55 bits per heavy atom. The third kappa shape index (κ3) is 3.49. The van der Waals surface area contributed by atoms with Crippen LogP contribution in [0, 0.1) is 11.7 Å². The molecule has 1 aliphatic rings. The fourth-order valence-electron chi connectivity index (χ4n) is 3.09. The topological polar surface area (TPSA) is 32.5 Å². The fraction of sp³-hybridized carbons (Fsp3) is 0.625. The maximum Gasteiger partial charge on any atom is 0.146 e. The van der Waals surface area contributed by atoms with Gasteiger partial charge in [0.1, 0.15) is 5.82 Å². The molecule has 20 heavy (non-hydrogen) atoms. The summed E-state index contributed by atoms with van der Waals surface area (Å²) in [5.74, 6) is 0.567. The maximum absolute atomic E-state index is 14.2. The summed E-state index contributed by atoms with van der Waals surface area (Å²) in [6, 6.07) is 5.08. The van der Waals surface area contributed by atoms with Crippen LogP contribution in [0.2, 0.25) is 0 Å². The minimum absolute atomic E-state index is 0.139. The fourth-order valence-corrected chi connectivity index (χ4v) is 3.09. The molecular weight excluding hydrogens is 253 g/mol. The minimum atomic E-state index is -0.147. The van der Waals surface area contributed by atoms with E-state index < -0.39 is 0 Å². The highest BCUT2D eigenvalue weighted by Crippen LogP contribution is 2.31. The van der Waals surface area contributed by atoms with Crippen LogP contribution in [-0.4, -0.2) is 38.6 Å². The van der Waals surface area contributed by atoms with Crippen LogP contribution < -0.4 is 10.6 Å². The molecule has 0 aliphatic carbocycles. The van der Waals surface area contributed by atoms with Crippen molar-refractivity contribution in [2.24, 2.45) is 11.7 Å². The van der Waals surface area contributed by atoms with Gasteiger partial charge in [0.2, 0.25) is 0 Å². The molecule has 4 heteroatoms. The number of anilines is 1. The number of halogens is 1. The third-order valence-electron chi connectivity index (χ3n) is 4.06. The number of hydrogen-bond donors (Lipinski definition) is 1. The van der Waals surface area contributed by atoms with E-state index >= 15 is 0 Å². The van der Waals surface area contributed by atoms with Crippen molar-refractivity contribution in [2.45, 2.75) is 25.8 Å². The molecule has 1 unspecified atom stereocenters. The van der Waals surface area contributed by atoms with E-state index in [1.54, 1.807) is 6.07 Å². The molecule has 0 radical (unpaired) electrons. The van der Waals surface area contributed by atoms with E-state index in [1.165, 1.54) is 6.07 Å². The Bertz CT molecular complexity index is 437. The van der Waals surface area contributed by atoms with Gasteiger partial charge in [-0.05, 0) is 51.4 Å². The summed E-state index contributed by atoms with van der Waals surface area (Å²) < 4.78 is 14.2. The van der Waals surface area contributed by atoms with E-state index in [-0.39, 0.29) is 11.9 Å². The highest BCUT2D eigenvalue weighted by atomic mass is 19.1. The summed E-state index contributed by atoms with van der Waals surface area (Å²) in [4.78, 5) is 4.40. The number of nitrogens with two attached hydrogens (primary N) is 1. The number of hydrogen-bond acceptors (Lipinski definition) is 3. The van der Waals surface area contributed by atoms with Crippen LogP contribution in [0.1, 0.15) is 31.4 Å². The van der Waals surface area contributed by atoms with E-state index in [1.807, 2.05) is 13.0 Å². The number of para-hydroxylation sites is 1. The van der Waals surface area contributed by atoms with Crippen LogP contribution in [0.5, 0.6) is 0 Å². The standard InChI is InChI=1S/C16H26FN3/c1-12(18)14-5-4-6-15(17)16(14)20-9-7-13(8-10-20)11-19(2)3/h4-6,12-13H,7-11,18H2,1-3H3. The van der Waals surface area contributed by atoms with Gasteiger partial charge in [-0.2, -0.15) is 0 Å². The zero-order valence-electron chi connectivity index (χ0n) is 12.8. The van der Waals surface area contributed by atoms with Crippen molar-refractivity contribution in [1.29, 1.82) is 0 Å². The van der Waals surface area contributed by atoms with Crippen LogP contribution in [0.3, 0.4) is 0 Å². The lowest BCUT2D eigenvalue weighted by Gasteiger charge is -2.36. The van der Waals surface area contributed by atoms with E-state index in [0.29, 0.717) is 11.6 Å². The van der Waals surface area contributed by atoms with Gasteiger partial charge in [0.05, 0.1) is 5.69 Å². The Morgan fingerprint density at radius 2 is 2.00 bits per heavy atom. The number of nitrogens with zero attached hydrogens (tertiary/aromatic N) is 2. The lowest BCUT2D eigenvalue weighted by Crippen LogP contribution is -2.38. The van der Waals surface area contributed by atoms with Crippen molar-refractivity contribution in [3.63, 3.8) is 0 Å². The van der Waals surface area contributed by atoms with Gasteiger partial charge in [-0.15, -0.1) is 0 Å². The van der Waals surface area contributed by atoms with Crippen molar-refractivity contribution < 1.29 is 4.39 Å². The average molecular weight is 279 g/mol. The first-order valence-electron chi connectivity index (χ1n) is 7.42. The van der Waals surface area contributed by atoms with E-state index in [2.05, 4.69) is 23.9 Å². The Labute approximate surface area is 121 Å². The molecule has 1 heterocycles. The summed E-state index contributed by atoms with van der Waals surface area (Å²) in [6.07, 6.45) is 2.23. The molecule has 1 aliphatic heterocycles. The maximum atomic E-state index is 14.2. The summed E-state index contributed by atoms with van der Waals surface area (Å²) >= 11 is 0. The molecule has 1 fully saturated rings. The molecule has 112 valence electrons. The first-order valence-corrected chi connectivity index (χ1v) is 7.42. The second-order valence-corrected chi connectivity index (χ2v) is 6.16. The Morgan fingerprint density at radius 1 is 1.35 bits per heavy atom. The van der Waals surface area contributed by atoms with Crippen molar-refractivity contribution in [3.05, 3.63) is 29.6 Å². The smallest absolute Gasteiger partial charge is 0.146 e. The van der Waals surface area contributed by atoms with E-state index in [4.69, 9.17) is 5.73 Å². The minimum Gasteiger partial charge on any atom is -0.369 e. The molecule has 1 saturated heterocycles. The van der Waals surface area contributed by atoms with E-state index in [9.17, 15) is 4.39 Å². The van der Waals surface area contributed by atoms with Crippen LogP contribution in [0.15, 0.2) is 18.2 Å². The predicted octanol–water partition coefficient (Wildman–Crippen LogP) is 2.62. The zero-order valence-corrected chi connectivity index (χ0v) is 12.8. The molecule has 0 spiro atoms. The SMILES string of the molecule is CC(N)c1cccc(F)c1N1CCC(CN(C)C)CC1. The molecule has 1 aromatic rings. The zero-order chi connectivity index (χ0) is 14.7. The highest BCUT2D eigenvalue weighted by Gasteiger charge is 2.24. The predicted molar refractivity (Wildman–Crippen MR) is 82.5 cm³/mol. The number of piperidine rings is 1. The number of rotatable bonds is 4. The summed E-state index contributed by atoms with van der Waals surface area (Å²) in [5.41, 5.74) is 7.61. The lowest BCUT2D eigenvalue weighted by molar-refractivity contribution is 0.284. The molecule has 2 N–H and O–H groups in total. The van der Waals surface area contributed by atoms with Gasteiger partial charge in [-0.1, -0.05) is 12.1 Å². The second kappa shape index (κ2) is 6.55. The van der Waals surface area contributed by atoms with E-state index in [0.717, 1.165) is 38.0 Å². The van der Waals surface area contributed by atoms with Crippen molar-refractivity contribution in [2.75, 3.05) is 38.6 Å². The highest BCUT2D eigenvalue weighted by molar-refractivity contribution is 5.56. The monoisotopic (exact) mass is 279 g/mol. The Balaban J connectivity index is 2.11. The summed E-state index contributed by atoms with van der Waals surface area (Å²) in [5, 5.41) is 0. The molecule has 0 aromatic heterocycles. The lowest BCUT2D eigenvalue weighted by atomic mass is 9.95.